The fraction of sp³-hybridized carbons (Fsp3) is 0.381. The van der Waals surface area contributed by atoms with Gasteiger partial charge in [-0.1, -0.05) is 12.1 Å². The van der Waals surface area contributed by atoms with Gasteiger partial charge in [-0.15, -0.1) is 0 Å². The molecule has 0 aliphatic carbocycles. The van der Waals surface area contributed by atoms with E-state index < -0.39 is 23.8 Å². The molecule has 1 aliphatic rings. The molecule has 0 bridgehead atoms. The quantitative estimate of drug-likeness (QED) is 0.331. The molecule has 34 heavy (non-hydrogen) atoms. The summed E-state index contributed by atoms with van der Waals surface area (Å²) < 4.78 is 42.4. The summed E-state index contributed by atoms with van der Waals surface area (Å²) in [6, 6.07) is 4.85. The average Bonchev–Trinajstić information content (AvgIpc) is 2.81. The van der Waals surface area contributed by atoms with Crippen molar-refractivity contribution >= 4 is 29.3 Å². The van der Waals surface area contributed by atoms with Gasteiger partial charge in [0.05, 0.1) is 19.3 Å². The minimum absolute atomic E-state index is 0.00239. The van der Waals surface area contributed by atoms with E-state index in [1.807, 2.05) is 0 Å². The third kappa shape index (κ3) is 7.13. The highest BCUT2D eigenvalue weighted by Crippen LogP contribution is 2.15. The number of rotatable bonds is 7. The van der Waals surface area contributed by atoms with E-state index in [0.717, 1.165) is 0 Å². The first kappa shape index (κ1) is 26.5. The van der Waals surface area contributed by atoms with Gasteiger partial charge in [0.25, 0.3) is 11.8 Å². The number of ether oxygens (including phenoxy) is 1. The number of hydrogen-bond donors (Lipinski definition) is 4. The van der Waals surface area contributed by atoms with Crippen LogP contribution in [0, 0.1) is 5.41 Å². The summed E-state index contributed by atoms with van der Waals surface area (Å²) in [6.45, 7) is 1.27. The van der Waals surface area contributed by atoms with Crippen molar-refractivity contribution in [3.63, 3.8) is 0 Å². The van der Waals surface area contributed by atoms with Crippen LogP contribution < -0.4 is 16.4 Å². The number of benzene rings is 1. The van der Waals surface area contributed by atoms with Gasteiger partial charge >= 0.3 is 12.1 Å². The maximum absolute atomic E-state index is 12.7. The smallest absolute Gasteiger partial charge is 0.405 e. The Morgan fingerprint density at radius 1 is 1.26 bits per heavy atom. The van der Waals surface area contributed by atoms with E-state index in [9.17, 15) is 27.6 Å². The van der Waals surface area contributed by atoms with Crippen LogP contribution in [0.2, 0.25) is 0 Å². The molecule has 2 rings (SSSR count). The second-order valence-electron chi connectivity index (χ2n) is 7.14. The predicted molar refractivity (Wildman–Crippen MR) is 117 cm³/mol. The third-order valence-electron chi connectivity index (χ3n) is 4.90. The van der Waals surface area contributed by atoms with Crippen LogP contribution in [-0.4, -0.2) is 79.7 Å². The van der Waals surface area contributed by atoms with Crippen LogP contribution in [-0.2, 0) is 14.3 Å². The van der Waals surface area contributed by atoms with E-state index >= 15 is 0 Å². The summed E-state index contributed by atoms with van der Waals surface area (Å²) in [7, 11) is 1.49. The Hall–Kier alpha value is -3.74. The van der Waals surface area contributed by atoms with Gasteiger partial charge in [-0.3, -0.25) is 24.8 Å². The molecule has 1 heterocycles. The van der Waals surface area contributed by atoms with Crippen molar-refractivity contribution in [3.8, 4) is 0 Å². The SMILES string of the molecule is CN=C(C=CN)C(=O)N1CCOCC1CCNC(=O)c1ccc(C(=N)NC(=O)C(F)(F)F)cc1. The number of nitrogens with zero attached hydrogens (tertiary/aromatic N) is 2. The zero-order valence-electron chi connectivity index (χ0n) is 18.3. The number of aliphatic imine (C=N–C) groups is 1. The minimum Gasteiger partial charge on any atom is -0.405 e. The monoisotopic (exact) mass is 482 g/mol. The summed E-state index contributed by atoms with van der Waals surface area (Å²) in [6.07, 6.45) is -2.06. The third-order valence-corrected chi connectivity index (χ3v) is 4.90. The second-order valence-corrected chi connectivity index (χ2v) is 7.14. The molecule has 1 aromatic rings. The lowest BCUT2D eigenvalue weighted by Gasteiger charge is -2.35. The maximum Gasteiger partial charge on any atom is 0.471 e. The Kier molecular flexibility index (Phi) is 9.30. The van der Waals surface area contributed by atoms with E-state index in [-0.39, 0.29) is 35.3 Å². The van der Waals surface area contributed by atoms with E-state index in [2.05, 4.69) is 10.3 Å². The van der Waals surface area contributed by atoms with Gasteiger partial charge in [0, 0.05) is 31.3 Å². The van der Waals surface area contributed by atoms with Crippen molar-refractivity contribution in [2.24, 2.45) is 10.7 Å². The Balaban J connectivity index is 1.92. The summed E-state index contributed by atoms with van der Waals surface area (Å²) in [5, 5.41) is 11.7. The molecule has 1 aromatic carbocycles. The average molecular weight is 482 g/mol. The van der Waals surface area contributed by atoms with Crippen LogP contribution in [0.1, 0.15) is 22.3 Å². The van der Waals surface area contributed by atoms with E-state index in [1.165, 1.54) is 48.9 Å². The first-order valence-corrected chi connectivity index (χ1v) is 10.2. The normalized spacial score (nSPS) is 16.9. The molecule has 1 atom stereocenters. The van der Waals surface area contributed by atoms with Gasteiger partial charge in [0.2, 0.25) is 0 Å². The molecule has 1 saturated heterocycles. The van der Waals surface area contributed by atoms with Crippen LogP contribution in [0.25, 0.3) is 0 Å². The van der Waals surface area contributed by atoms with Crippen LogP contribution >= 0.6 is 0 Å². The Bertz CT molecular complexity index is 976. The van der Waals surface area contributed by atoms with Gasteiger partial charge in [-0.05, 0) is 30.8 Å². The number of carbonyl (C=O) groups excluding carboxylic acids is 3. The van der Waals surface area contributed by atoms with Crippen LogP contribution in [0.5, 0.6) is 0 Å². The molecule has 0 saturated carbocycles. The number of carbonyl (C=O) groups is 3. The summed E-state index contributed by atoms with van der Waals surface area (Å²) >= 11 is 0. The first-order chi connectivity index (χ1) is 16.1. The van der Waals surface area contributed by atoms with Gasteiger partial charge in [0.15, 0.2) is 0 Å². The molecule has 10 nitrogen and oxygen atoms in total. The van der Waals surface area contributed by atoms with Crippen LogP contribution in [0.4, 0.5) is 13.2 Å². The zero-order valence-corrected chi connectivity index (χ0v) is 18.3. The summed E-state index contributed by atoms with van der Waals surface area (Å²) in [4.78, 5) is 41.6. The second kappa shape index (κ2) is 11.9. The molecular formula is C21H25F3N6O4. The lowest BCUT2D eigenvalue weighted by Crippen LogP contribution is -2.51. The number of amidine groups is 1. The number of nitrogens with one attached hydrogen (secondary N) is 3. The molecule has 5 N–H and O–H groups in total. The van der Waals surface area contributed by atoms with Crippen molar-refractivity contribution in [1.29, 1.82) is 5.41 Å². The van der Waals surface area contributed by atoms with E-state index in [0.29, 0.717) is 26.2 Å². The minimum atomic E-state index is -5.11. The molecule has 0 radical (unpaired) electrons. The molecule has 1 fully saturated rings. The zero-order chi connectivity index (χ0) is 25.3. The standard InChI is InChI=1S/C21H25F3N6O4/c1-27-16(6-8-25)19(32)30-10-11-34-12-15(30)7-9-28-18(31)14-4-2-13(3-5-14)17(26)29-20(33)21(22,23)24/h2-6,8,15H,7,9-12,25H2,1H3,(H,28,31)(H2,26,29,33). The molecule has 1 aliphatic heterocycles. The molecule has 3 amide bonds. The van der Waals surface area contributed by atoms with Gasteiger partial charge < -0.3 is 26.0 Å². The lowest BCUT2D eigenvalue weighted by molar-refractivity contribution is -0.171. The highest BCUT2D eigenvalue weighted by Gasteiger charge is 2.39. The first-order valence-electron chi connectivity index (χ1n) is 10.2. The van der Waals surface area contributed by atoms with E-state index in [1.54, 1.807) is 4.90 Å². The van der Waals surface area contributed by atoms with E-state index in [4.69, 9.17) is 15.9 Å². The number of amides is 3. The predicted octanol–water partition coefficient (Wildman–Crippen LogP) is 0.581. The molecule has 0 aromatic heterocycles. The Morgan fingerprint density at radius 3 is 2.50 bits per heavy atom. The maximum atomic E-state index is 12.7. The van der Waals surface area contributed by atoms with Crippen LogP contribution in [0.3, 0.4) is 0 Å². The highest BCUT2D eigenvalue weighted by molar-refractivity contribution is 6.43. The number of hydrogen-bond acceptors (Lipinski definition) is 7. The van der Waals surface area contributed by atoms with Crippen LogP contribution in [0.15, 0.2) is 41.5 Å². The van der Waals surface area contributed by atoms with Crippen molar-refractivity contribution < 1.29 is 32.3 Å². The van der Waals surface area contributed by atoms with Crippen molar-refractivity contribution in [2.45, 2.75) is 18.6 Å². The molecular weight excluding hydrogens is 457 g/mol. The molecule has 0 spiro atoms. The Morgan fingerprint density at radius 2 is 1.91 bits per heavy atom. The van der Waals surface area contributed by atoms with Gasteiger partial charge in [0.1, 0.15) is 11.5 Å². The fourth-order valence-electron chi connectivity index (χ4n) is 3.14. The lowest BCUT2D eigenvalue weighted by atomic mass is 10.1. The summed E-state index contributed by atoms with van der Waals surface area (Å²) in [5.41, 5.74) is 5.78. The fourth-order valence-corrected chi connectivity index (χ4v) is 3.14. The molecule has 13 heteroatoms. The largest absolute Gasteiger partial charge is 0.471 e. The number of alkyl halides is 3. The molecule has 184 valence electrons. The molecule has 1 unspecified atom stereocenters. The number of morpholine rings is 1. The van der Waals surface area contributed by atoms with Crippen molar-refractivity contribution in [2.75, 3.05) is 33.4 Å². The van der Waals surface area contributed by atoms with Gasteiger partial charge in [-0.25, -0.2) is 0 Å². The van der Waals surface area contributed by atoms with Gasteiger partial charge in [-0.2, -0.15) is 13.2 Å². The summed E-state index contributed by atoms with van der Waals surface area (Å²) in [5.74, 6) is -3.74. The Labute approximate surface area is 193 Å². The number of halogens is 3. The van der Waals surface area contributed by atoms with Crippen molar-refractivity contribution in [1.82, 2.24) is 15.5 Å². The number of nitrogens with two attached hydrogens (primary N) is 1. The highest BCUT2D eigenvalue weighted by atomic mass is 19.4. The van der Waals surface area contributed by atoms with Crippen molar-refractivity contribution in [3.05, 3.63) is 47.7 Å². The topological polar surface area (TPSA) is 150 Å².